The smallest absolute Gasteiger partial charge is 0.258 e. The number of amides is 1. The van der Waals surface area contributed by atoms with E-state index in [1.54, 1.807) is 31.2 Å². The molecule has 1 amide bonds. The average molecular weight is 527 g/mol. The lowest BCUT2D eigenvalue weighted by molar-refractivity contribution is -0.140. The van der Waals surface area contributed by atoms with Crippen molar-refractivity contribution in [3.05, 3.63) is 54.1 Å². The summed E-state index contributed by atoms with van der Waals surface area (Å²) >= 11 is 0. The second kappa shape index (κ2) is 15.4. The van der Waals surface area contributed by atoms with Gasteiger partial charge in [-0.1, -0.05) is 12.1 Å². The van der Waals surface area contributed by atoms with Crippen LogP contribution in [0.3, 0.4) is 0 Å². The van der Waals surface area contributed by atoms with Crippen molar-refractivity contribution in [3.63, 3.8) is 0 Å². The van der Waals surface area contributed by atoms with E-state index in [1.807, 2.05) is 6.92 Å². The Kier molecular flexibility index (Phi) is 12.6. The van der Waals surface area contributed by atoms with E-state index >= 15 is 0 Å². The molecule has 1 N–H and O–H groups in total. The molecule has 2 aromatic carbocycles. The number of methoxy groups -OCH3 is 1. The fourth-order valence-electron chi connectivity index (χ4n) is 3.08. The van der Waals surface area contributed by atoms with Gasteiger partial charge >= 0.3 is 0 Å². The number of sulfonamides is 1. The average Bonchev–Trinajstić information content (AvgIpc) is 2.89. The summed E-state index contributed by atoms with van der Waals surface area (Å²) in [4.78, 5) is 17.9. The minimum Gasteiger partial charge on any atom is -0.497 e. The number of hydroxylamine groups is 1. The van der Waals surface area contributed by atoms with Gasteiger partial charge in [-0.05, 0) is 68.7 Å². The number of carbonyl (C=O) groups is 1. The Balaban J connectivity index is 2.16. The highest BCUT2D eigenvalue weighted by atomic mass is 32.2. The summed E-state index contributed by atoms with van der Waals surface area (Å²) in [6.07, 6.45) is 0.563. The second-order valence-corrected chi connectivity index (χ2v) is 9.89. The number of unbranched alkanes of at least 4 members (excludes halogenated alkanes) is 1. The van der Waals surface area contributed by atoms with Crippen molar-refractivity contribution in [1.82, 2.24) is 9.79 Å². The van der Waals surface area contributed by atoms with Crippen LogP contribution in [0.4, 0.5) is 4.39 Å². The van der Waals surface area contributed by atoms with E-state index in [4.69, 9.17) is 19.0 Å². The van der Waals surface area contributed by atoms with Crippen LogP contribution >= 0.6 is 0 Å². The molecule has 0 spiro atoms. The van der Waals surface area contributed by atoms with Crippen LogP contribution in [-0.2, 0) is 30.9 Å². The molecule has 1 unspecified atom stereocenters. The number of rotatable bonds is 17. The molecule has 0 aliphatic rings. The number of benzene rings is 2. The highest BCUT2D eigenvalue weighted by molar-refractivity contribution is 7.89. The molecule has 36 heavy (non-hydrogen) atoms. The third-order valence-corrected chi connectivity index (χ3v) is 6.83. The Hall–Kier alpha value is -2.73. The first-order valence-corrected chi connectivity index (χ1v) is 13.2. The zero-order valence-electron chi connectivity index (χ0n) is 20.9. The van der Waals surface area contributed by atoms with Crippen LogP contribution in [0.1, 0.15) is 32.3 Å². The van der Waals surface area contributed by atoms with Crippen molar-refractivity contribution >= 4 is 15.9 Å². The van der Waals surface area contributed by atoms with Gasteiger partial charge in [0.1, 0.15) is 17.6 Å². The summed E-state index contributed by atoms with van der Waals surface area (Å²) in [5.74, 6) is 0.483. The summed E-state index contributed by atoms with van der Waals surface area (Å²) in [7, 11) is -2.51. The third kappa shape index (κ3) is 9.73. The molecule has 0 saturated carbocycles. The van der Waals surface area contributed by atoms with Crippen LogP contribution in [0.2, 0.25) is 0 Å². The predicted octanol–water partition coefficient (Wildman–Crippen LogP) is 3.49. The molecule has 11 heteroatoms. The highest BCUT2D eigenvalue weighted by Crippen LogP contribution is 2.22. The summed E-state index contributed by atoms with van der Waals surface area (Å²) < 4.78 is 56.1. The number of halogens is 1. The Labute approximate surface area is 212 Å². The summed E-state index contributed by atoms with van der Waals surface area (Å²) in [5.41, 5.74) is 2.97. The van der Waals surface area contributed by atoms with Gasteiger partial charge in [0.25, 0.3) is 5.91 Å². The number of hydrogen-bond donors (Lipinski definition) is 1. The van der Waals surface area contributed by atoms with Crippen molar-refractivity contribution in [2.24, 2.45) is 0 Å². The van der Waals surface area contributed by atoms with Crippen LogP contribution in [0, 0.1) is 0 Å². The molecule has 1 atom stereocenters. The summed E-state index contributed by atoms with van der Waals surface area (Å²) in [6.45, 7) is 3.79. The Morgan fingerprint density at radius 3 is 2.33 bits per heavy atom. The van der Waals surface area contributed by atoms with Gasteiger partial charge in [0.05, 0.1) is 38.4 Å². The molecule has 0 aromatic heterocycles. The van der Waals surface area contributed by atoms with Crippen molar-refractivity contribution in [3.8, 4) is 11.5 Å². The van der Waals surface area contributed by atoms with Crippen LogP contribution in [-0.4, -0.2) is 64.9 Å². The van der Waals surface area contributed by atoms with E-state index in [0.29, 0.717) is 43.1 Å². The normalized spacial score (nSPS) is 12.4. The lowest BCUT2D eigenvalue weighted by Gasteiger charge is -2.22. The Morgan fingerprint density at radius 2 is 1.72 bits per heavy atom. The molecule has 0 saturated heterocycles. The predicted molar refractivity (Wildman–Crippen MR) is 133 cm³/mol. The Morgan fingerprint density at radius 1 is 1.06 bits per heavy atom. The van der Waals surface area contributed by atoms with Crippen LogP contribution < -0.4 is 15.0 Å². The zero-order valence-corrected chi connectivity index (χ0v) is 21.8. The molecule has 0 heterocycles. The largest absolute Gasteiger partial charge is 0.497 e. The van der Waals surface area contributed by atoms with Gasteiger partial charge in [-0.15, -0.1) is 0 Å². The third-order valence-electron chi connectivity index (χ3n) is 5.03. The molecular weight excluding hydrogens is 491 g/mol. The van der Waals surface area contributed by atoms with Gasteiger partial charge in [0, 0.05) is 13.2 Å². The van der Waals surface area contributed by atoms with E-state index in [2.05, 4.69) is 5.48 Å². The number of nitrogens with one attached hydrogen (secondary N) is 1. The summed E-state index contributed by atoms with van der Waals surface area (Å²) in [6, 6.07) is 12.8. The SMILES string of the molecule is CCOCC(C)ONC(=O)CN(Cc1ccc(OC)cc1)S(=O)(=O)c1ccc(OCCCCF)cc1. The van der Waals surface area contributed by atoms with Crippen molar-refractivity contribution in [2.45, 2.75) is 44.2 Å². The number of nitrogens with zero attached hydrogens (tertiary/aromatic N) is 1. The standard InChI is InChI=1S/C25H35FN2O7S/c1-4-33-19-20(2)35-27-25(29)18-28(17-21-7-9-22(32-3)10-8-21)36(30,31)24-13-11-23(12-14-24)34-16-6-5-15-26/h7-14,20H,4-6,15-19H2,1-3H3,(H,27,29). The number of carbonyl (C=O) groups excluding carboxylic acids is 1. The molecule has 0 fully saturated rings. The minimum atomic E-state index is -4.05. The topological polar surface area (TPSA) is 103 Å². The maximum atomic E-state index is 13.5. The molecule has 2 aromatic rings. The first-order valence-electron chi connectivity index (χ1n) is 11.7. The quantitative estimate of drug-likeness (QED) is 0.249. The molecule has 200 valence electrons. The first-order chi connectivity index (χ1) is 17.3. The van der Waals surface area contributed by atoms with E-state index in [0.717, 1.165) is 4.31 Å². The van der Waals surface area contributed by atoms with Gasteiger partial charge < -0.3 is 14.2 Å². The van der Waals surface area contributed by atoms with Crippen LogP contribution in [0.5, 0.6) is 11.5 Å². The molecule has 0 radical (unpaired) electrons. The molecule has 2 rings (SSSR count). The molecule has 9 nitrogen and oxygen atoms in total. The molecule has 0 bridgehead atoms. The monoisotopic (exact) mass is 526 g/mol. The lowest BCUT2D eigenvalue weighted by Crippen LogP contribution is -2.41. The van der Waals surface area contributed by atoms with Crippen molar-refractivity contribution in [2.75, 3.05) is 40.1 Å². The summed E-state index contributed by atoms with van der Waals surface area (Å²) in [5, 5.41) is 0. The van der Waals surface area contributed by atoms with E-state index < -0.39 is 35.3 Å². The fourth-order valence-corrected chi connectivity index (χ4v) is 4.46. The zero-order chi connectivity index (χ0) is 26.4. The molecular formula is C25H35FN2O7S. The first kappa shape index (κ1) is 29.5. The van der Waals surface area contributed by atoms with Gasteiger partial charge in [-0.25, -0.2) is 13.9 Å². The fraction of sp³-hybridized carbons (Fsp3) is 0.480. The van der Waals surface area contributed by atoms with E-state index in [1.165, 1.54) is 31.4 Å². The van der Waals surface area contributed by atoms with E-state index in [9.17, 15) is 17.6 Å². The van der Waals surface area contributed by atoms with Gasteiger partial charge in [-0.2, -0.15) is 4.31 Å². The maximum Gasteiger partial charge on any atom is 0.258 e. The van der Waals surface area contributed by atoms with Crippen LogP contribution in [0.15, 0.2) is 53.4 Å². The highest BCUT2D eigenvalue weighted by Gasteiger charge is 2.27. The number of alkyl halides is 1. The van der Waals surface area contributed by atoms with Gasteiger partial charge in [0.2, 0.25) is 10.0 Å². The minimum absolute atomic E-state index is 0.00514. The second-order valence-electron chi connectivity index (χ2n) is 7.95. The van der Waals surface area contributed by atoms with Gasteiger partial charge in [-0.3, -0.25) is 14.0 Å². The molecule has 0 aliphatic heterocycles. The number of ether oxygens (including phenoxy) is 3. The lowest BCUT2D eigenvalue weighted by atomic mass is 10.2. The van der Waals surface area contributed by atoms with Crippen LogP contribution in [0.25, 0.3) is 0 Å². The van der Waals surface area contributed by atoms with Gasteiger partial charge in [0.15, 0.2) is 0 Å². The number of hydrogen-bond acceptors (Lipinski definition) is 7. The van der Waals surface area contributed by atoms with Crippen molar-refractivity contribution < 1.29 is 36.7 Å². The Bertz CT molecular complexity index is 1020. The van der Waals surface area contributed by atoms with E-state index in [-0.39, 0.29) is 18.0 Å². The van der Waals surface area contributed by atoms with Crippen molar-refractivity contribution in [1.29, 1.82) is 0 Å². The molecule has 0 aliphatic carbocycles. The maximum absolute atomic E-state index is 13.5.